The number of hydrogen-bond donors (Lipinski definition) is 5. The van der Waals surface area contributed by atoms with Crippen LogP contribution in [0.25, 0.3) is 11.0 Å². The highest BCUT2D eigenvalue weighted by Gasteiger charge is 2.26. The summed E-state index contributed by atoms with van der Waals surface area (Å²) in [4.78, 5) is 19.8. The maximum absolute atomic E-state index is 12.5. The van der Waals surface area contributed by atoms with Gasteiger partial charge in [-0.25, -0.2) is 4.98 Å². The molecule has 0 radical (unpaired) electrons. The van der Waals surface area contributed by atoms with Gasteiger partial charge in [-0.1, -0.05) is 0 Å². The van der Waals surface area contributed by atoms with Crippen molar-refractivity contribution in [3.05, 3.63) is 24.5 Å². The Bertz CT molecular complexity index is 711. The number of carbonyl (C=O) groups excluding carboxylic acids is 1. The summed E-state index contributed by atoms with van der Waals surface area (Å²) in [5, 5.41) is 14.0. The van der Waals surface area contributed by atoms with E-state index in [0.717, 1.165) is 48.9 Å². The number of carbonyl (C=O) groups is 1. The van der Waals surface area contributed by atoms with Crippen molar-refractivity contribution in [1.29, 1.82) is 5.41 Å². The first-order chi connectivity index (χ1) is 11.1. The molecule has 2 aromatic heterocycles. The van der Waals surface area contributed by atoms with Crippen LogP contribution in [0.3, 0.4) is 0 Å². The second-order valence-corrected chi connectivity index (χ2v) is 6.10. The van der Waals surface area contributed by atoms with Crippen LogP contribution in [0.4, 0.5) is 5.69 Å². The van der Waals surface area contributed by atoms with Crippen LogP contribution in [0, 0.1) is 17.2 Å². The molecule has 1 fully saturated rings. The van der Waals surface area contributed by atoms with Gasteiger partial charge < -0.3 is 21.4 Å². The number of anilines is 1. The molecule has 2 aromatic rings. The van der Waals surface area contributed by atoms with E-state index in [4.69, 9.17) is 11.1 Å². The summed E-state index contributed by atoms with van der Waals surface area (Å²) in [6.45, 7) is 0.720. The van der Waals surface area contributed by atoms with Crippen LogP contribution in [0.2, 0.25) is 0 Å². The molecule has 0 atom stereocenters. The minimum absolute atomic E-state index is 0. The molecule has 0 unspecified atom stereocenters. The minimum atomic E-state index is 0. The standard InChI is InChI=1S/C16H22N6O.2ClH/c17-16(18)21-9-10-1-3-11(4-2-10)15(23)22-13-6-8-20-14-12(13)5-7-19-14;;/h5-8,10-11H,1-4,9H2,(H4,17,18,21)(H2,19,20,22,23);2*1H/t10-,11-;;. The number of rotatable bonds is 4. The third-order valence-corrected chi connectivity index (χ3v) is 4.52. The molecule has 0 aromatic carbocycles. The number of aromatic nitrogens is 2. The van der Waals surface area contributed by atoms with Gasteiger partial charge >= 0.3 is 0 Å². The van der Waals surface area contributed by atoms with E-state index in [1.807, 2.05) is 18.3 Å². The van der Waals surface area contributed by atoms with E-state index in [1.54, 1.807) is 6.20 Å². The Morgan fingerprint density at radius 1 is 1.28 bits per heavy atom. The Balaban J connectivity index is 0.00000156. The van der Waals surface area contributed by atoms with Gasteiger partial charge in [0.25, 0.3) is 0 Å². The summed E-state index contributed by atoms with van der Waals surface area (Å²) < 4.78 is 0. The average molecular weight is 387 g/mol. The Kier molecular flexibility index (Phi) is 7.99. The van der Waals surface area contributed by atoms with E-state index in [2.05, 4.69) is 20.6 Å². The second-order valence-electron chi connectivity index (χ2n) is 6.10. The highest BCUT2D eigenvalue weighted by molar-refractivity contribution is 6.00. The van der Waals surface area contributed by atoms with Crippen LogP contribution >= 0.6 is 24.8 Å². The van der Waals surface area contributed by atoms with Gasteiger partial charge in [0.1, 0.15) is 5.65 Å². The van der Waals surface area contributed by atoms with Crippen LogP contribution in [0.5, 0.6) is 0 Å². The molecular weight excluding hydrogens is 363 g/mol. The van der Waals surface area contributed by atoms with Crippen LogP contribution in [0.1, 0.15) is 25.7 Å². The van der Waals surface area contributed by atoms with E-state index in [0.29, 0.717) is 5.92 Å². The molecule has 2 heterocycles. The molecule has 1 aliphatic rings. The van der Waals surface area contributed by atoms with E-state index in [1.165, 1.54) is 0 Å². The van der Waals surface area contributed by atoms with Crippen molar-refractivity contribution in [3.8, 4) is 0 Å². The molecule has 7 nitrogen and oxygen atoms in total. The van der Waals surface area contributed by atoms with E-state index in [-0.39, 0.29) is 42.6 Å². The topological polar surface area (TPSA) is 120 Å². The van der Waals surface area contributed by atoms with Gasteiger partial charge in [0, 0.05) is 30.2 Å². The zero-order valence-corrected chi connectivity index (χ0v) is 15.4. The number of pyridine rings is 1. The number of fused-ring (bicyclic) bond motifs is 1. The molecular formula is C16H24Cl2N6O. The molecule has 1 aliphatic carbocycles. The SMILES string of the molecule is Cl.Cl.N=C(N)NC[C@H]1CC[C@H](C(=O)Nc2ccnc3[nH]ccc23)CC1. The maximum Gasteiger partial charge on any atom is 0.227 e. The number of nitrogens with one attached hydrogen (secondary N) is 4. The fourth-order valence-corrected chi connectivity index (χ4v) is 3.19. The number of hydrogen-bond acceptors (Lipinski definition) is 3. The lowest BCUT2D eigenvalue weighted by Gasteiger charge is -2.28. The number of guanidine groups is 1. The van der Waals surface area contributed by atoms with Crippen LogP contribution < -0.4 is 16.4 Å². The zero-order chi connectivity index (χ0) is 16.2. The van der Waals surface area contributed by atoms with Gasteiger partial charge in [-0.15, -0.1) is 24.8 Å². The lowest BCUT2D eigenvalue weighted by atomic mass is 9.81. The third-order valence-electron chi connectivity index (χ3n) is 4.52. The van der Waals surface area contributed by atoms with Crippen molar-refractivity contribution >= 4 is 53.4 Å². The summed E-state index contributed by atoms with van der Waals surface area (Å²) in [6.07, 6.45) is 7.22. The second kappa shape index (κ2) is 9.48. The molecule has 9 heteroatoms. The lowest BCUT2D eigenvalue weighted by Crippen LogP contribution is -2.36. The molecule has 0 saturated heterocycles. The van der Waals surface area contributed by atoms with Gasteiger partial charge in [-0.2, -0.15) is 0 Å². The number of halogens is 2. The molecule has 1 saturated carbocycles. The van der Waals surface area contributed by atoms with Crippen LogP contribution in [-0.4, -0.2) is 28.4 Å². The molecule has 25 heavy (non-hydrogen) atoms. The van der Waals surface area contributed by atoms with Gasteiger partial charge in [-0.05, 0) is 43.7 Å². The summed E-state index contributed by atoms with van der Waals surface area (Å²) in [5.74, 6) is 0.626. The fraction of sp³-hybridized carbons (Fsp3) is 0.438. The normalized spacial score (nSPS) is 19.4. The monoisotopic (exact) mass is 386 g/mol. The number of amides is 1. The van der Waals surface area contributed by atoms with E-state index >= 15 is 0 Å². The fourth-order valence-electron chi connectivity index (χ4n) is 3.19. The summed E-state index contributed by atoms with van der Waals surface area (Å²) in [6, 6.07) is 3.75. The minimum Gasteiger partial charge on any atom is -0.370 e. The highest BCUT2D eigenvalue weighted by atomic mass is 35.5. The molecule has 1 amide bonds. The Morgan fingerprint density at radius 2 is 2.00 bits per heavy atom. The molecule has 0 bridgehead atoms. The number of nitrogens with two attached hydrogens (primary N) is 1. The predicted molar refractivity (Wildman–Crippen MR) is 105 cm³/mol. The summed E-state index contributed by atoms with van der Waals surface area (Å²) in [7, 11) is 0. The summed E-state index contributed by atoms with van der Waals surface area (Å²) >= 11 is 0. The van der Waals surface area contributed by atoms with Gasteiger partial charge in [0.05, 0.1) is 5.69 Å². The lowest BCUT2D eigenvalue weighted by molar-refractivity contribution is -0.121. The van der Waals surface area contributed by atoms with Gasteiger partial charge in [0.2, 0.25) is 5.91 Å². The van der Waals surface area contributed by atoms with Crippen molar-refractivity contribution in [2.45, 2.75) is 25.7 Å². The van der Waals surface area contributed by atoms with Crippen molar-refractivity contribution in [2.75, 3.05) is 11.9 Å². The Hall–Kier alpha value is -1.99. The largest absolute Gasteiger partial charge is 0.370 e. The zero-order valence-electron chi connectivity index (χ0n) is 13.7. The van der Waals surface area contributed by atoms with Gasteiger partial charge in [0.15, 0.2) is 5.96 Å². The van der Waals surface area contributed by atoms with Crippen molar-refractivity contribution < 1.29 is 4.79 Å². The van der Waals surface area contributed by atoms with Crippen molar-refractivity contribution in [2.24, 2.45) is 17.6 Å². The smallest absolute Gasteiger partial charge is 0.227 e. The number of H-pyrrole nitrogens is 1. The maximum atomic E-state index is 12.5. The van der Waals surface area contributed by atoms with Crippen LogP contribution in [-0.2, 0) is 4.79 Å². The van der Waals surface area contributed by atoms with Gasteiger partial charge in [-0.3, -0.25) is 10.2 Å². The van der Waals surface area contributed by atoms with Crippen molar-refractivity contribution in [1.82, 2.24) is 15.3 Å². The first kappa shape index (κ1) is 21.1. The van der Waals surface area contributed by atoms with E-state index < -0.39 is 0 Å². The Labute approximate surface area is 158 Å². The average Bonchev–Trinajstić information content (AvgIpc) is 3.03. The molecule has 138 valence electrons. The molecule has 0 aliphatic heterocycles. The quantitative estimate of drug-likeness (QED) is 0.409. The molecule has 6 N–H and O–H groups in total. The Morgan fingerprint density at radius 3 is 2.68 bits per heavy atom. The molecule has 0 spiro atoms. The van der Waals surface area contributed by atoms with Crippen molar-refractivity contribution in [3.63, 3.8) is 0 Å². The first-order valence-corrected chi connectivity index (χ1v) is 7.94. The number of nitrogens with zero attached hydrogens (tertiary/aromatic N) is 1. The highest BCUT2D eigenvalue weighted by Crippen LogP contribution is 2.30. The van der Waals surface area contributed by atoms with E-state index in [9.17, 15) is 4.79 Å². The third kappa shape index (κ3) is 5.24. The first-order valence-electron chi connectivity index (χ1n) is 7.94. The predicted octanol–water partition coefficient (Wildman–Crippen LogP) is 2.63. The van der Waals surface area contributed by atoms with Crippen LogP contribution in [0.15, 0.2) is 24.5 Å². The number of aromatic amines is 1. The molecule has 3 rings (SSSR count). The summed E-state index contributed by atoms with van der Waals surface area (Å²) in [5.41, 5.74) is 6.89.